The molecule has 1 aromatic carbocycles. The van der Waals surface area contributed by atoms with Crippen LogP contribution in [0, 0.1) is 0 Å². The third-order valence-electron chi connectivity index (χ3n) is 2.64. The lowest BCUT2D eigenvalue weighted by atomic mass is 9.99. The van der Waals surface area contributed by atoms with Gasteiger partial charge in [0.05, 0.1) is 0 Å². The molecular formula is C10H15NO4S. The molecule has 90 valence electrons. The van der Waals surface area contributed by atoms with E-state index in [-0.39, 0.29) is 5.56 Å². The van der Waals surface area contributed by atoms with Crippen molar-refractivity contribution in [3.05, 3.63) is 35.9 Å². The van der Waals surface area contributed by atoms with E-state index in [4.69, 9.17) is 5.73 Å². The standard InChI is InChI=1S/C10H15NO4S/c1-9(11,16(2,14)15)10(12,13)8-6-4-3-5-7-8/h3-7,12-13H,11H2,1-2H3. The van der Waals surface area contributed by atoms with Crippen LogP contribution in [0.3, 0.4) is 0 Å². The van der Waals surface area contributed by atoms with Crippen molar-refractivity contribution in [2.75, 3.05) is 6.26 Å². The van der Waals surface area contributed by atoms with Crippen molar-refractivity contribution in [3.8, 4) is 0 Å². The third-order valence-corrected chi connectivity index (χ3v) is 4.46. The fourth-order valence-electron chi connectivity index (χ4n) is 1.22. The first-order valence-corrected chi connectivity index (χ1v) is 6.48. The average Bonchev–Trinajstić information content (AvgIpc) is 2.17. The molecule has 1 unspecified atom stereocenters. The minimum atomic E-state index is -3.83. The second-order valence-electron chi connectivity index (χ2n) is 3.92. The minimum Gasteiger partial charge on any atom is -0.360 e. The van der Waals surface area contributed by atoms with Crippen molar-refractivity contribution in [1.82, 2.24) is 0 Å². The molecule has 0 radical (unpaired) electrons. The highest BCUT2D eigenvalue weighted by Gasteiger charge is 2.51. The van der Waals surface area contributed by atoms with Crippen LogP contribution >= 0.6 is 0 Å². The number of benzene rings is 1. The Bertz CT molecular complexity index is 465. The number of rotatable bonds is 3. The van der Waals surface area contributed by atoms with Crippen molar-refractivity contribution < 1.29 is 18.6 Å². The SMILES string of the molecule is CC(N)(C(O)(O)c1ccccc1)S(C)(=O)=O. The lowest BCUT2D eigenvalue weighted by Crippen LogP contribution is -2.61. The fourth-order valence-corrected chi connectivity index (χ4v) is 1.85. The van der Waals surface area contributed by atoms with Gasteiger partial charge in [0.15, 0.2) is 14.7 Å². The molecule has 4 N–H and O–H groups in total. The molecule has 6 heteroatoms. The van der Waals surface area contributed by atoms with Gasteiger partial charge in [-0.25, -0.2) is 8.42 Å². The first-order chi connectivity index (χ1) is 7.11. The molecule has 0 spiro atoms. The molecule has 1 atom stereocenters. The number of sulfone groups is 1. The van der Waals surface area contributed by atoms with Gasteiger partial charge in [-0.1, -0.05) is 30.3 Å². The second kappa shape index (κ2) is 3.81. The van der Waals surface area contributed by atoms with E-state index in [1.807, 2.05) is 0 Å². The van der Waals surface area contributed by atoms with Gasteiger partial charge in [-0.2, -0.15) is 0 Å². The Labute approximate surface area is 94.4 Å². The van der Waals surface area contributed by atoms with Gasteiger partial charge in [-0.05, 0) is 6.92 Å². The van der Waals surface area contributed by atoms with Crippen LogP contribution in [0.5, 0.6) is 0 Å². The van der Waals surface area contributed by atoms with Crippen LogP contribution in [-0.2, 0) is 15.6 Å². The molecule has 1 rings (SSSR count). The van der Waals surface area contributed by atoms with Gasteiger partial charge in [-0.15, -0.1) is 0 Å². The minimum absolute atomic E-state index is 0.0328. The van der Waals surface area contributed by atoms with Crippen molar-refractivity contribution >= 4 is 9.84 Å². The summed E-state index contributed by atoms with van der Waals surface area (Å²) >= 11 is 0. The predicted molar refractivity (Wildman–Crippen MR) is 60.0 cm³/mol. The molecule has 0 aliphatic rings. The maximum atomic E-state index is 11.4. The summed E-state index contributed by atoms with van der Waals surface area (Å²) in [5.74, 6) is -2.64. The zero-order valence-electron chi connectivity index (χ0n) is 9.08. The highest BCUT2D eigenvalue weighted by Crippen LogP contribution is 2.31. The molecule has 0 bridgehead atoms. The molecule has 0 aliphatic heterocycles. The maximum Gasteiger partial charge on any atom is 0.223 e. The Morgan fingerprint density at radius 1 is 1.19 bits per heavy atom. The topological polar surface area (TPSA) is 101 Å². The quantitative estimate of drug-likeness (QED) is 0.626. The molecule has 1 aromatic rings. The van der Waals surface area contributed by atoms with Crippen molar-refractivity contribution in [3.63, 3.8) is 0 Å². The summed E-state index contributed by atoms with van der Waals surface area (Å²) in [5, 5.41) is 19.8. The van der Waals surface area contributed by atoms with Crippen LogP contribution in [0.1, 0.15) is 12.5 Å². The second-order valence-corrected chi connectivity index (χ2v) is 6.31. The number of hydrogen-bond acceptors (Lipinski definition) is 5. The van der Waals surface area contributed by atoms with E-state index in [9.17, 15) is 18.6 Å². The maximum absolute atomic E-state index is 11.4. The Kier molecular flexibility index (Phi) is 3.13. The van der Waals surface area contributed by atoms with Gasteiger partial charge in [0.1, 0.15) is 0 Å². The smallest absolute Gasteiger partial charge is 0.223 e. The zero-order valence-corrected chi connectivity index (χ0v) is 9.90. The lowest BCUT2D eigenvalue weighted by molar-refractivity contribution is -0.193. The van der Waals surface area contributed by atoms with Gasteiger partial charge < -0.3 is 15.9 Å². The van der Waals surface area contributed by atoms with Gasteiger partial charge in [0.25, 0.3) is 0 Å². The van der Waals surface area contributed by atoms with E-state index < -0.39 is 20.5 Å². The summed E-state index contributed by atoms with van der Waals surface area (Å²) in [6.07, 6.45) is 0.858. The van der Waals surface area contributed by atoms with Crippen LogP contribution in [-0.4, -0.2) is 29.8 Å². The van der Waals surface area contributed by atoms with Gasteiger partial charge >= 0.3 is 0 Å². The molecule has 0 aromatic heterocycles. The summed E-state index contributed by atoms with van der Waals surface area (Å²) < 4.78 is 22.9. The van der Waals surface area contributed by atoms with Crippen molar-refractivity contribution in [2.45, 2.75) is 17.6 Å². The number of aliphatic hydroxyl groups is 2. The third kappa shape index (κ3) is 1.97. The highest BCUT2D eigenvalue weighted by molar-refractivity contribution is 7.92. The average molecular weight is 245 g/mol. The molecule has 16 heavy (non-hydrogen) atoms. The van der Waals surface area contributed by atoms with E-state index in [0.29, 0.717) is 0 Å². The Morgan fingerprint density at radius 3 is 2.00 bits per heavy atom. The van der Waals surface area contributed by atoms with Crippen molar-refractivity contribution in [1.29, 1.82) is 0 Å². The zero-order chi connectivity index (χ0) is 12.6. The van der Waals surface area contributed by atoms with Gasteiger partial charge in [-0.3, -0.25) is 0 Å². The van der Waals surface area contributed by atoms with E-state index in [0.717, 1.165) is 13.2 Å². The van der Waals surface area contributed by atoms with Crippen LogP contribution in [0.4, 0.5) is 0 Å². The molecule has 5 nitrogen and oxygen atoms in total. The lowest BCUT2D eigenvalue weighted by Gasteiger charge is -2.36. The van der Waals surface area contributed by atoms with Crippen LogP contribution in [0.15, 0.2) is 30.3 Å². The molecule has 0 saturated carbocycles. The Morgan fingerprint density at radius 2 is 1.62 bits per heavy atom. The monoisotopic (exact) mass is 245 g/mol. The van der Waals surface area contributed by atoms with E-state index >= 15 is 0 Å². The highest BCUT2D eigenvalue weighted by atomic mass is 32.2. The normalized spacial score (nSPS) is 16.8. The van der Waals surface area contributed by atoms with Gasteiger partial charge in [0, 0.05) is 11.8 Å². The molecule has 0 saturated heterocycles. The summed E-state index contributed by atoms with van der Waals surface area (Å²) in [4.78, 5) is -2.18. The first-order valence-electron chi connectivity index (χ1n) is 4.59. The Hall–Kier alpha value is -0.950. The summed E-state index contributed by atoms with van der Waals surface area (Å²) in [7, 11) is -3.83. The molecule has 0 amide bonds. The summed E-state index contributed by atoms with van der Waals surface area (Å²) in [5.41, 5.74) is 5.55. The number of nitrogens with two attached hydrogens (primary N) is 1. The predicted octanol–water partition coefficient (Wildman–Crippen LogP) is -0.456. The van der Waals surface area contributed by atoms with E-state index in [2.05, 4.69) is 0 Å². The Balaban J connectivity index is 3.33. The van der Waals surface area contributed by atoms with E-state index in [1.165, 1.54) is 12.1 Å². The largest absolute Gasteiger partial charge is 0.360 e. The number of hydrogen-bond donors (Lipinski definition) is 3. The fraction of sp³-hybridized carbons (Fsp3) is 0.400. The van der Waals surface area contributed by atoms with Crippen LogP contribution in [0.2, 0.25) is 0 Å². The van der Waals surface area contributed by atoms with Gasteiger partial charge in [0.2, 0.25) is 5.79 Å². The molecule has 0 heterocycles. The summed E-state index contributed by atoms with van der Waals surface area (Å²) in [6.45, 7) is 1.06. The van der Waals surface area contributed by atoms with Crippen LogP contribution < -0.4 is 5.73 Å². The molecule has 0 aliphatic carbocycles. The van der Waals surface area contributed by atoms with E-state index in [1.54, 1.807) is 18.2 Å². The van der Waals surface area contributed by atoms with Crippen molar-refractivity contribution in [2.24, 2.45) is 5.73 Å². The molecule has 0 fully saturated rings. The van der Waals surface area contributed by atoms with Crippen LogP contribution in [0.25, 0.3) is 0 Å². The molecular weight excluding hydrogens is 230 g/mol. The first kappa shape index (κ1) is 13.1. The summed E-state index contributed by atoms with van der Waals surface area (Å²) in [6, 6.07) is 7.60.